The van der Waals surface area contributed by atoms with Gasteiger partial charge in [-0.3, -0.25) is 4.79 Å². The van der Waals surface area contributed by atoms with E-state index in [-0.39, 0.29) is 24.1 Å². The standard InChI is InChI=1S/C27H34N4O4/c1-31(2)22-16-25(30-21-8-6-5-7-20(21)22)28-18-9-11-19(12-10-18)29-26(32)15-17-13-23(34-3)27(33)24(14-17)35-4/h5-8,13-14,16,18-19,33H,9-12,15H2,1-4H3,(H,28,30)(H,29,32). The van der Waals surface area contributed by atoms with Gasteiger partial charge in [-0.25, -0.2) is 4.98 Å². The van der Waals surface area contributed by atoms with E-state index in [1.807, 2.05) is 32.3 Å². The second-order valence-corrected chi connectivity index (χ2v) is 9.22. The van der Waals surface area contributed by atoms with Crippen LogP contribution in [0.25, 0.3) is 10.9 Å². The van der Waals surface area contributed by atoms with Gasteiger partial charge in [0.15, 0.2) is 11.5 Å². The summed E-state index contributed by atoms with van der Waals surface area (Å²) in [4.78, 5) is 19.6. The molecule has 1 aliphatic rings. The van der Waals surface area contributed by atoms with E-state index in [0.29, 0.717) is 17.5 Å². The molecule has 3 N–H and O–H groups in total. The van der Waals surface area contributed by atoms with Gasteiger partial charge in [0.25, 0.3) is 0 Å². The maximum atomic E-state index is 12.7. The Morgan fingerprint density at radius 2 is 1.66 bits per heavy atom. The third kappa shape index (κ3) is 5.70. The van der Waals surface area contributed by atoms with Crippen molar-refractivity contribution in [1.82, 2.24) is 10.3 Å². The molecule has 1 aromatic heterocycles. The number of para-hydroxylation sites is 1. The summed E-state index contributed by atoms with van der Waals surface area (Å²) in [6.45, 7) is 0. The number of ether oxygens (including phenoxy) is 2. The summed E-state index contributed by atoms with van der Waals surface area (Å²) in [5.41, 5.74) is 2.84. The van der Waals surface area contributed by atoms with Gasteiger partial charge < -0.3 is 30.1 Å². The Labute approximate surface area is 206 Å². The van der Waals surface area contributed by atoms with E-state index in [1.54, 1.807) is 12.1 Å². The van der Waals surface area contributed by atoms with Crippen molar-refractivity contribution in [2.75, 3.05) is 38.5 Å². The predicted octanol–water partition coefficient (Wildman–Crippen LogP) is 4.11. The molecular weight excluding hydrogens is 444 g/mol. The summed E-state index contributed by atoms with van der Waals surface area (Å²) >= 11 is 0. The summed E-state index contributed by atoms with van der Waals surface area (Å²) in [5.74, 6) is 1.35. The SMILES string of the molecule is COc1cc(CC(=O)NC2CCC(Nc3cc(N(C)C)c4ccccc4n3)CC2)cc(OC)c1O. The van der Waals surface area contributed by atoms with Gasteiger partial charge in [-0.15, -0.1) is 0 Å². The quantitative estimate of drug-likeness (QED) is 0.448. The molecule has 0 radical (unpaired) electrons. The fourth-order valence-electron chi connectivity index (χ4n) is 4.71. The summed E-state index contributed by atoms with van der Waals surface area (Å²) < 4.78 is 10.4. The van der Waals surface area contributed by atoms with Crippen LogP contribution in [0.4, 0.5) is 11.5 Å². The Hall–Kier alpha value is -3.68. The highest BCUT2D eigenvalue weighted by molar-refractivity contribution is 5.93. The van der Waals surface area contributed by atoms with Gasteiger partial charge in [-0.1, -0.05) is 18.2 Å². The highest BCUT2D eigenvalue weighted by atomic mass is 16.5. The molecule has 0 bridgehead atoms. The fourth-order valence-corrected chi connectivity index (χ4v) is 4.71. The van der Waals surface area contributed by atoms with Crippen molar-refractivity contribution in [3.8, 4) is 17.2 Å². The van der Waals surface area contributed by atoms with Crippen molar-refractivity contribution in [2.24, 2.45) is 0 Å². The van der Waals surface area contributed by atoms with Crippen LogP contribution in [0.15, 0.2) is 42.5 Å². The molecule has 186 valence electrons. The van der Waals surface area contributed by atoms with Crippen LogP contribution in [0.3, 0.4) is 0 Å². The molecule has 4 rings (SSSR count). The molecule has 0 aliphatic heterocycles. The lowest BCUT2D eigenvalue weighted by Crippen LogP contribution is -2.40. The number of anilines is 2. The summed E-state index contributed by atoms with van der Waals surface area (Å²) in [6, 6.07) is 14.1. The van der Waals surface area contributed by atoms with Crippen molar-refractivity contribution >= 4 is 28.3 Å². The number of phenols is 1. The van der Waals surface area contributed by atoms with Gasteiger partial charge in [0.1, 0.15) is 5.82 Å². The van der Waals surface area contributed by atoms with Gasteiger partial charge in [0.05, 0.1) is 26.2 Å². The first-order chi connectivity index (χ1) is 16.9. The molecule has 0 spiro atoms. The van der Waals surface area contributed by atoms with Crippen LogP contribution in [-0.2, 0) is 11.2 Å². The molecule has 1 aliphatic carbocycles. The van der Waals surface area contributed by atoms with E-state index >= 15 is 0 Å². The Morgan fingerprint density at radius 3 is 2.29 bits per heavy atom. The monoisotopic (exact) mass is 478 g/mol. The van der Waals surface area contributed by atoms with Crippen LogP contribution >= 0.6 is 0 Å². The number of pyridine rings is 1. The number of amides is 1. The number of methoxy groups -OCH3 is 2. The first kappa shape index (κ1) is 24.4. The van der Waals surface area contributed by atoms with E-state index in [2.05, 4.69) is 27.7 Å². The molecule has 1 amide bonds. The normalized spacial score (nSPS) is 17.6. The Morgan fingerprint density at radius 1 is 1.03 bits per heavy atom. The summed E-state index contributed by atoms with van der Waals surface area (Å²) in [7, 11) is 7.03. The molecule has 2 aromatic carbocycles. The number of nitrogens with zero attached hydrogens (tertiary/aromatic N) is 2. The van der Waals surface area contributed by atoms with Gasteiger partial charge >= 0.3 is 0 Å². The second kappa shape index (κ2) is 10.7. The predicted molar refractivity (Wildman–Crippen MR) is 139 cm³/mol. The molecule has 3 aromatic rings. The first-order valence-corrected chi connectivity index (χ1v) is 11.9. The van der Waals surface area contributed by atoms with E-state index in [9.17, 15) is 9.90 Å². The molecule has 0 saturated heterocycles. The molecule has 8 heteroatoms. The molecule has 0 atom stereocenters. The highest BCUT2D eigenvalue weighted by Gasteiger charge is 2.23. The Kier molecular flexibility index (Phi) is 7.48. The lowest BCUT2D eigenvalue weighted by atomic mass is 9.91. The van der Waals surface area contributed by atoms with E-state index in [1.165, 1.54) is 14.2 Å². The minimum atomic E-state index is -0.0661. The Bertz CT molecular complexity index is 1160. The van der Waals surface area contributed by atoms with E-state index in [4.69, 9.17) is 14.5 Å². The highest BCUT2D eigenvalue weighted by Crippen LogP contribution is 2.37. The van der Waals surface area contributed by atoms with Gasteiger partial charge in [0, 0.05) is 43.3 Å². The zero-order chi connectivity index (χ0) is 24.9. The zero-order valence-electron chi connectivity index (χ0n) is 20.8. The minimum Gasteiger partial charge on any atom is -0.502 e. The number of hydrogen-bond acceptors (Lipinski definition) is 7. The van der Waals surface area contributed by atoms with Crippen LogP contribution in [0, 0.1) is 0 Å². The lowest BCUT2D eigenvalue weighted by molar-refractivity contribution is -0.121. The van der Waals surface area contributed by atoms with E-state index < -0.39 is 0 Å². The average molecular weight is 479 g/mol. The number of hydrogen-bond donors (Lipinski definition) is 3. The number of aromatic nitrogens is 1. The van der Waals surface area contributed by atoms with Crippen LogP contribution < -0.4 is 25.0 Å². The maximum absolute atomic E-state index is 12.7. The number of nitrogens with one attached hydrogen (secondary N) is 2. The number of aromatic hydroxyl groups is 1. The topological polar surface area (TPSA) is 96.0 Å². The number of benzene rings is 2. The van der Waals surface area contributed by atoms with Gasteiger partial charge in [0.2, 0.25) is 11.7 Å². The van der Waals surface area contributed by atoms with Crippen LogP contribution in [-0.4, -0.2) is 56.4 Å². The van der Waals surface area contributed by atoms with Crippen molar-refractivity contribution in [3.63, 3.8) is 0 Å². The van der Waals surface area contributed by atoms with Crippen molar-refractivity contribution in [1.29, 1.82) is 0 Å². The lowest BCUT2D eigenvalue weighted by Gasteiger charge is -2.30. The molecule has 0 unspecified atom stereocenters. The summed E-state index contributed by atoms with van der Waals surface area (Å²) in [6.07, 6.45) is 3.91. The number of carbonyl (C=O) groups is 1. The number of rotatable bonds is 8. The van der Waals surface area contributed by atoms with Crippen molar-refractivity contribution in [3.05, 3.63) is 48.0 Å². The molecule has 8 nitrogen and oxygen atoms in total. The average Bonchev–Trinajstić information content (AvgIpc) is 2.85. The summed E-state index contributed by atoms with van der Waals surface area (Å²) in [5, 5.41) is 18.0. The number of carbonyl (C=O) groups excluding carboxylic acids is 1. The molecule has 1 saturated carbocycles. The van der Waals surface area contributed by atoms with Crippen molar-refractivity contribution < 1.29 is 19.4 Å². The third-order valence-corrected chi connectivity index (χ3v) is 6.52. The molecule has 1 heterocycles. The molecule has 35 heavy (non-hydrogen) atoms. The molecular formula is C27H34N4O4. The van der Waals surface area contributed by atoms with E-state index in [0.717, 1.165) is 53.7 Å². The molecule has 1 fully saturated rings. The van der Waals surface area contributed by atoms with Gasteiger partial charge in [-0.05, 0) is 49.4 Å². The number of phenolic OH excluding ortho intramolecular Hbond substituents is 1. The Balaban J connectivity index is 1.33. The fraction of sp³-hybridized carbons (Fsp3) is 0.407. The van der Waals surface area contributed by atoms with Crippen LogP contribution in [0.1, 0.15) is 31.2 Å². The maximum Gasteiger partial charge on any atom is 0.224 e. The zero-order valence-corrected chi connectivity index (χ0v) is 20.8. The number of fused-ring (bicyclic) bond motifs is 1. The first-order valence-electron chi connectivity index (χ1n) is 11.9. The third-order valence-electron chi connectivity index (χ3n) is 6.52. The largest absolute Gasteiger partial charge is 0.502 e. The smallest absolute Gasteiger partial charge is 0.224 e. The van der Waals surface area contributed by atoms with Crippen LogP contribution in [0.5, 0.6) is 17.2 Å². The van der Waals surface area contributed by atoms with Crippen LogP contribution in [0.2, 0.25) is 0 Å². The second-order valence-electron chi connectivity index (χ2n) is 9.22. The van der Waals surface area contributed by atoms with Gasteiger partial charge in [-0.2, -0.15) is 0 Å². The van der Waals surface area contributed by atoms with Crippen molar-refractivity contribution in [2.45, 2.75) is 44.2 Å². The minimum absolute atomic E-state index is 0.0528.